The minimum absolute atomic E-state index is 0.0294. The highest BCUT2D eigenvalue weighted by atomic mass is 16.2. The number of hydrogen-bond acceptors (Lipinski definition) is 2. The lowest BCUT2D eigenvalue weighted by Gasteiger charge is -2.06. The average molecular weight is 245 g/mol. The van der Waals surface area contributed by atoms with Gasteiger partial charge in [0.05, 0.1) is 0 Å². The van der Waals surface area contributed by atoms with E-state index in [2.05, 4.69) is 24.1 Å². The lowest BCUT2D eigenvalue weighted by atomic mass is 10.1. The van der Waals surface area contributed by atoms with Crippen molar-refractivity contribution in [2.75, 3.05) is 11.9 Å². The first-order valence-corrected chi connectivity index (χ1v) is 6.17. The normalized spacial score (nSPS) is 9.50. The van der Waals surface area contributed by atoms with Gasteiger partial charge in [0.25, 0.3) is 0 Å². The SMILES string of the molecule is CCCCC(=O)Nc1ccc(C)c(C#CCO)c1. The average Bonchev–Trinajstić information content (AvgIpc) is 2.37. The summed E-state index contributed by atoms with van der Waals surface area (Å²) in [6.45, 7) is 3.85. The predicted octanol–water partition coefficient (Wildman–Crippen LogP) is 2.47. The van der Waals surface area contributed by atoms with E-state index in [0.29, 0.717) is 6.42 Å². The molecular weight excluding hydrogens is 226 g/mol. The Morgan fingerprint density at radius 3 is 2.89 bits per heavy atom. The quantitative estimate of drug-likeness (QED) is 0.801. The van der Waals surface area contributed by atoms with Crippen LogP contribution >= 0.6 is 0 Å². The van der Waals surface area contributed by atoms with Gasteiger partial charge in [-0.3, -0.25) is 4.79 Å². The van der Waals surface area contributed by atoms with Crippen molar-refractivity contribution in [3.63, 3.8) is 0 Å². The minimum Gasteiger partial charge on any atom is -0.384 e. The Bertz CT molecular complexity index is 469. The molecular formula is C15H19NO2. The number of nitrogens with one attached hydrogen (secondary N) is 1. The van der Waals surface area contributed by atoms with E-state index in [4.69, 9.17) is 5.11 Å². The van der Waals surface area contributed by atoms with E-state index in [1.807, 2.05) is 25.1 Å². The molecule has 1 amide bonds. The summed E-state index contributed by atoms with van der Waals surface area (Å²) >= 11 is 0. The first-order valence-electron chi connectivity index (χ1n) is 6.17. The van der Waals surface area contributed by atoms with Crippen molar-refractivity contribution in [2.45, 2.75) is 33.1 Å². The summed E-state index contributed by atoms with van der Waals surface area (Å²) in [5.74, 6) is 5.51. The van der Waals surface area contributed by atoms with Crippen molar-refractivity contribution in [3.05, 3.63) is 29.3 Å². The second-order valence-corrected chi connectivity index (χ2v) is 4.14. The number of aryl methyl sites for hydroxylation is 1. The van der Waals surface area contributed by atoms with Crippen LogP contribution in [0.5, 0.6) is 0 Å². The van der Waals surface area contributed by atoms with E-state index in [1.54, 1.807) is 0 Å². The molecule has 0 saturated heterocycles. The molecule has 0 aliphatic carbocycles. The number of carbonyl (C=O) groups is 1. The molecule has 0 radical (unpaired) electrons. The van der Waals surface area contributed by atoms with E-state index < -0.39 is 0 Å². The Balaban J connectivity index is 2.75. The number of aliphatic hydroxyl groups excluding tert-OH is 1. The number of hydrogen-bond donors (Lipinski definition) is 2. The van der Waals surface area contributed by atoms with E-state index >= 15 is 0 Å². The van der Waals surface area contributed by atoms with Crippen LogP contribution < -0.4 is 5.32 Å². The summed E-state index contributed by atoms with van der Waals surface area (Å²) in [6, 6.07) is 5.61. The lowest BCUT2D eigenvalue weighted by Crippen LogP contribution is -2.11. The second kappa shape index (κ2) is 7.52. The van der Waals surface area contributed by atoms with Gasteiger partial charge in [0.15, 0.2) is 0 Å². The Morgan fingerprint density at radius 1 is 1.44 bits per heavy atom. The fraction of sp³-hybridized carbons (Fsp3) is 0.400. The highest BCUT2D eigenvalue weighted by Gasteiger charge is 2.03. The first kappa shape index (κ1) is 14.3. The molecule has 0 aromatic heterocycles. The summed E-state index contributed by atoms with van der Waals surface area (Å²) < 4.78 is 0. The van der Waals surface area contributed by atoms with E-state index in [-0.39, 0.29) is 12.5 Å². The van der Waals surface area contributed by atoms with Crippen LogP contribution in [-0.4, -0.2) is 17.6 Å². The maximum Gasteiger partial charge on any atom is 0.224 e. The van der Waals surface area contributed by atoms with Gasteiger partial charge in [-0.15, -0.1) is 0 Å². The number of benzene rings is 1. The zero-order chi connectivity index (χ0) is 13.4. The van der Waals surface area contributed by atoms with Crippen LogP contribution in [0.15, 0.2) is 18.2 Å². The lowest BCUT2D eigenvalue weighted by molar-refractivity contribution is -0.116. The summed E-state index contributed by atoms with van der Waals surface area (Å²) in [6.07, 6.45) is 2.45. The van der Waals surface area contributed by atoms with E-state index in [1.165, 1.54) is 0 Å². The number of rotatable bonds is 4. The molecule has 0 unspecified atom stereocenters. The van der Waals surface area contributed by atoms with Crippen LogP contribution in [0.4, 0.5) is 5.69 Å². The molecule has 0 heterocycles. The molecule has 0 bridgehead atoms. The Kier molecular flexibility index (Phi) is 5.96. The van der Waals surface area contributed by atoms with Gasteiger partial charge in [-0.2, -0.15) is 0 Å². The van der Waals surface area contributed by atoms with Gasteiger partial charge >= 0.3 is 0 Å². The summed E-state index contributed by atoms with van der Waals surface area (Å²) in [5.41, 5.74) is 2.61. The minimum atomic E-state index is -0.160. The highest BCUT2D eigenvalue weighted by molar-refractivity contribution is 5.90. The van der Waals surface area contributed by atoms with E-state index in [0.717, 1.165) is 29.7 Å². The molecule has 1 aromatic rings. The molecule has 96 valence electrons. The fourth-order valence-electron chi connectivity index (χ4n) is 1.53. The summed E-state index contributed by atoms with van der Waals surface area (Å²) in [5, 5.41) is 11.5. The van der Waals surface area contributed by atoms with Gasteiger partial charge in [0, 0.05) is 17.7 Å². The van der Waals surface area contributed by atoms with Gasteiger partial charge < -0.3 is 10.4 Å². The van der Waals surface area contributed by atoms with Crippen molar-refractivity contribution in [3.8, 4) is 11.8 Å². The molecule has 0 saturated carbocycles. The van der Waals surface area contributed by atoms with Crippen molar-refractivity contribution in [2.24, 2.45) is 0 Å². The molecule has 3 nitrogen and oxygen atoms in total. The highest BCUT2D eigenvalue weighted by Crippen LogP contribution is 2.15. The Morgan fingerprint density at radius 2 is 2.22 bits per heavy atom. The molecule has 1 aromatic carbocycles. The number of carbonyl (C=O) groups excluding carboxylic acids is 1. The molecule has 0 spiro atoms. The van der Waals surface area contributed by atoms with Crippen molar-refractivity contribution >= 4 is 11.6 Å². The first-order chi connectivity index (χ1) is 8.67. The van der Waals surface area contributed by atoms with Crippen LogP contribution in [0.2, 0.25) is 0 Å². The van der Waals surface area contributed by atoms with Gasteiger partial charge in [-0.1, -0.05) is 31.3 Å². The van der Waals surface area contributed by atoms with Gasteiger partial charge in [-0.05, 0) is 31.0 Å². The zero-order valence-electron chi connectivity index (χ0n) is 10.9. The van der Waals surface area contributed by atoms with Gasteiger partial charge in [0.2, 0.25) is 5.91 Å². The van der Waals surface area contributed by atoms with Crippen molar-refractivity contribution in [1.82, 2.24) is 0 Å². The maximum atomic E-state index is 11.6. The van der Waals surface area contributed by atoms with Crippen LogP contribution in [0, 0.1) is 18.8 Å². The third-order valence-corrected chi connectivity index (χ3v) is 2.58. The monoisotopic (exact) mass is 245 g/mol. The van der Waals surface area contributed by atoms with Crippen LogP contribution in [0.1, 0.15) is 37.3 Å². The van der Waals surface area contributed by atoms with Crippen molar-refractivity contribution < 1.29 is 9.90 Å². The van der Waals surface area contributed by atoms with Crippen molar-refractivity contribution in [1.29, 1.82) is 0 Å². The summed E-state index contributed by atoms with van der Waals surface area (Å²) in [4.78, 5) is 11.6. The number of anilines is 1. The van der Waals surface area contributed by atoms with Crippen LogP contribution in [-0.2, 0) is 4.79 Å². The van der Waals surface area contributed by atoms with Gasteiger partial charge in [-0.25, -0.2) is 0 Å². The molecule has 0 fully saturated rings. The number of amides is 1. The Labute approximate surface area is 108 Å². The summed E-state index contributed by atoms with van der Waals surface area (Å²) in [7, 11) is 0. The fourth-order valence-corrected chi connectivity index (χ4v) is 1.53. The molecule has 18 heavy (non-hydrogen) atoms. The molecule has 3 heteroatoms. The molecule has 0 aliphatic heterocycles. The van der Waals surface area contributed by atoms with Gasteiger partial charge in [0.1, 0.15) is 6.61 Å². The maximum absolute atomic E-state index is 11.6. The van der Waals surface area contributed by atoms with Crippen LogP contribution in [0.3, 0.4) is 0 Å². The third kappa shape index (κ3) is 4.60. The number of unbranched alkanes of at least 4 members (excludes halogenated alkanes) is 1. The Hall–Kier alpha value is -1.79. The number of aliphatic hydroxyl groups is 1. The standard InChI is InChI=1S/C15H19NO2/c1-3-4-7-15(18)16-14-9-8-12(2)13(11-14)6-5-10-17/h8-9,11,17H,3-4,7,10H2,1-2H3,(H,16,18). The molecule has 1 rings (SSSR count). The molecule has 0 aliphatic rings. The van der Waals surface area contributed by atoms with Crippen LogP contribution in [0.25, 0.3) is 0 Å². The largest absolute Gasteiger partial charge is 0.384 e. The smallest absolute Gasteiger partial charge is 0.224 e. The predicted molar refractivity (Wildman–Crippen MR) is 73.3 cm³/mol. The molecule has 0 atom stereocenters. The second-order valence-electron chi connectivity index (χ2n) is 4.14. The zero-order valence-corrected chi connectivity index (χ0v) is 10.9. The topological polar surface area (TPSA) is 49.3 Å². The molecule has 2 N–H and O–H groups in total. The third-order valence-electron chi connectivity index (χ3n) is 2.58. The van der Waals surface area contributed by atoms with E-state index in [9.17, 15) is 4.79 Å².